The molecular weight excluding hydrogens is 462 g/mol. The average Bonchev–Trinajstić information content (AvgIpc) is 2.77. The Hall–Kier alpha value is -2.22. The third kappa shape index (κ3) is 9.74. The van der Waals surface area contributed by atoms with Crippen molar-refractivity contribution in [3.8, 4) is 0 Å². The first-order chi connectivity index (χ1) is 16.4. The van der Waals surface area contributed by atoms with E-state index in [0.717, 1.165) is 36.0 Å². The molecule has 35 heavy (non-hydrogen) atoms. The van der Waals surface area contributed by atoms with Crippen LogP contribution in [0.2, 0.25) is 0 Å². The van der Waals surface area contributed by atoms with Gasteiger partial charge in [-0.3, -0.25) is 9.59 Å². The highest BCUT2D eigenvalue weighted by Gasteiger charge is 2.38. The van der Waals surface area contributed by atoms with Crippen molar-refractivity contribution in [2.75, 3.05) is 12.3 Å². The van der Waals surface area contributed by atoms with Crippen LogP contribution in [0.3, 0.4) is 0 Å². The minimum Gasteiger partial charge on any atom is -0.444 e. The van der Waals surface area contributed by atoms with Gasteiger partial charge in [-0.1, -0.05) is 50.5 Å². The number of aryl methyl sites for hydroxylation is 2. The molecule has 1 rings (SSSR count). The van der Waals surface area contributed by atoms with E-state index in [1.807, 2.05) is 45.9 Å². The molecule has 198 valence electrons. The van der Waals surface area contributed by atoms with Crippen molar-refractivity contribution in [1.82, 2.24) is 15.5 Å². The van der Waals surface area contributed by atoms with Gasteiger partial charge in [0.15, 0.2) is 0 Å². The fourth-order valence-corrected chi connectivity index (χ4v) is 4.09. The molecule has 1 aromatic rings. The molecule has 3 amide bonds. The monoisotopic (exact) mass is 507 g/mol. The lowest BCUT2D eigenvalue weighted by Crippen LogP contribution is -2.56. The van der Waals surface area contributed by atoms with E-state index in [9.17, 15) is 14.4 Å². The summed E-state index contributed by atoms with van der Waals surface area (Å²) in [5.41, 5.74) is 2.08. The third-order valence-electron chi connectivity index (χ3n) is 5.82. The largest absolute Gasteiger partial charge is 0.444 e. The zero-order chi connectivity index (χ0) is 26.8. The average molecular weight is 508 g/mol. The number of carbonyl (C=O) groups excluding carboxylic acids is 3. The van der Waals surface area contributed by atoms with Gasteiger partial charge in [-0.05, 0) is 65.5 Å². The number of ether oxygens (including phenoxy) is 1. The third-order valence-corrected chi connectivity index (χ3v) is 6.18. The number of hydrogen-bond donors (Lipinski definition) is 3. The molecule has 0 radical (unpaired) electrons. The normalized spacial score (nSPS) is 14.0. The summed E-state index contributed by atoms with van der Waals surface area (Å²) >= 11 is 4.34. The van der Waals surface area contributed by atoms with E-state index in [0.29, 0.717) is 13.0 Å². The Labute approximate surface area is 217 Å². The Balaban J connectivity index is 3.42. The van der Waals surface area contributed by atoms with Crippen LogP contribution in [0.5, 0.6) is 0 Å². The summed E-state index contributed by atoms with van der Waals surface area (Å²) in [6.07, 6.45) is 2.89. The fourth-order valence-electron chi connectivity index (χ4n) is 3.84. The van der Waals surface area contributed by atoms with Crippen LogP contribution in [-0.2, 0) is 14.3 Å². The number of thiol groups is 1. The van der Waals surface area contributed by atoms with Crippen molar-refractivity contribution < 1.29 is 19.1 Å². The molecule has 8 heteroatoms. The highest BCUT2D eigenvalue weighted by atomic mass is 32.1. The van der Waals surface area contributed by atoms with Crippen LogP contribution in [-0.4, -0.2) is 52.8 Å². The number of hydrogen-bond acceptors (Lipinski definition) is 5. The maximum Gasteiger partial charge on any atom is 0.408 e. The molecule has 1 aromatic carbocycles. The Morgan fingerprint density at radius 2 is 1.77 bits per heavy atom. The molecule has 2 N–H and O–H groups in total. The first kappa shape index (κ1) is 30.8. The van der Waals surface area contributed by atoms with Gasteiger partial charge in [0.1, 0.15) is 17.7 Å². The summed E-state index contributed by atoms with van der Waals surface area (Å²) in [5.74, 6) is -0.520. The molecule has 0 saturated heterocycles. The molecule has 0 heterocycles. The van der Waals surface area contributed by atoms with E-state index >= 15 is 0 Å². The van der Waals surface area contributed by atoms with Crippen LogP contribution in [0, 0.1) is 13.8 Å². The Kier molecular flexibility index (Phi) is 12.6. The van der Waals surface area contributed by atoms with Crippen molar-refractivity contribution in [2.24, 2.45) is 0 Å². The SMILES string of the molecule is CCCCCNC(=O)C(c1ccc(C)cc1C)N(C(=O)C(CS)NC(=O)OC(C)(C)C)C(C)CC. The van der Waals surface area contributed by atoms with Gasteiger partial charge in [0.2, 0.25) is 11.8 Å². The molecule has 0 fully saturated rings. The lowest BCUT2D eigenvalue weighted by atomic mass is 9.95. The van der Waals surface area contributed by atoms with Crippen LogP contribution < -0.4 is 10.6 Å². The molecule has 0 bridgehead atoms. The number of rotatable bonds is 12. The van der Waals surface area contributed by atoms with E-state index < -0.39 is 23.8 Å². The van der Waals surface area contributed by atoms with Crippen molar-refractivity contribution >= 4 is 30.5 Å². The summed E-state index contributed by atoms with van der Waals surface area (Å²) < 4.78 is 5.35. The van der Waals surface area contributed by atoms with Crippen LogP contribution in [0.1, 0.15) is 90.0 Å². The van der Waals surface area contributed by atoms with Gasteiger partial charge in [0, 0.05) is 18.3 Å². The number of nitrogens with zero attached hydrogens (tertiary/aromatic N) is 1. The van der Waals surface area contributed by atoms with Gasteiger partial charge in [-0.15, -0.1) is 0 Å². The predicted octanol–water partition coefficient (Wildman–Crippen LogP) is 5.10. The van der Waals surface area contributed by atoms with E-state index in [1.165, 1.54) is 0 Å². The van der Waals surface area contributed by atoms with Gasteiger partial charge in [-0.2, -0.15) is 12.6 Å². The maximum absolute atomic E-state index is 13.9. The predicted molar refractivity (Wildman–Crippen MR) is 145 cm³/mol. The van der Waals surface area contributed by atoms with E-state index in [-0.39, 0.29) is 23.6 Å². The quantitative estimate of drug-likeness (QED) is 0.271. The Bertz CT molecular complexity index is 853. The minimum absolute atomic E-state index is 0.0722. The molecule has 0 aliphatic carbocycles. The molecular formula is C27H45N3O4S. The standard InChI is InChI=1S/C27H45N3O4S/c1-9-11-12-15-28-24(31)23(21-14-13-18(3)16-19(21)4)30(20(5)10-2)25(32)22(17-35)29-26(33)34-27(6,7)8/h13-14,16,20,22-23,35H,9-12,15,17H2,1-8H3,(H,28,31)(H,29,33). The van der Waals surface area contributed by atoms with E-state index in [2.05, 4.69) is 30.2 Å². The smallest absolute Gasteiger partial charge is 0.408 e. The van der Waals surface area contributed by atoms with Gasteiger partial charge < -0.3 is 20.3 Å². The number of alkyl carbamates (subject to hydrolysis) is 1. The second kappa shape index (κ2) is 14.4. The highest BCUT2D eigenvalue weighted by molar-refractivity contribution is 7.80. The van der Waals surface area contributed by atoms with Gasteiger partial charge in [-0.25, -0.2) is 4.79 Å². The molecule has 3 atom stereocenters. The maximum atomic E-state index is 13.9. The first-order valence-corrected chi connectivity index (χ1v) is 13.3. The highest BCUT2D eigenvalue weighted by Crippen LogP contribution is 2.29. The Morgan fingerprint density at radius 3 is 2.29 bits per heavy atom. The van der Waals surface area contributed by atoms with Crippen LogP contribution >= 0.6 is 12.6 Å². The number of carbonyl (C=O) groups is 3. The molecule has 3 unspecified atom stereocenters. The number of benzene rings is 1. The van der Waals surface area contributed by atoms with E-state index in [4.69, 9.17) is 4.74 Å². The zero-order valence-corrected chi connectivity index (χ0v) is 23.6. The summed E-state index contributed by atoms with van der Waals surface area (Å²) in [4.78, 5) is 41.5. The number of unbranched alkanes of at least 4 members (excludes halogenated alkanes) is 2. The van der Waals surface area contributed by atoms with Gasteiger partial charge in [0.05, 0.1) is 0 Å². The van der Waals surface area contributed by atoms with E-state index in [1.54, 1.807) is 25.7 Å². The molecule has 0 aliphatic rings. The fraction of sp³-hybridized carbons (Fsp3) is 0.667. The first-order valence-electron chi connectivity index (χ1n) is 12.6. The molecule has 7 nitrogen and oxygen atoms in total. The molecule has 0 aromatic heterocycles. The summed E-state index contributed by atoms with van der Waals surface area (Å²) in [7, 11) is 0. The van der Waals surface area contributed by atoms with Crippen LogP contribution in [0.15, 0.2) is 18.2 Å². The van der Waals surface area contributed by atoms with Crippen molar-refractivity contribution in [2.45, 2.75) is 105 Å². The molecule has 0 aliphatic heterocycles. The van der Waals surface area contributed by atoms with Crippen molar-refractivity contribution in [3.05, 3.63) is 34.9 Å². The molecule has 0 spiro atoms. The lowest BCUT2D eigenvalue weighted by molar-refractivity contribution is -0.144. The second-order valence-corrected chi connectivity index (χ2v) is 10.5. The lowest BCUT2D eigenvalue weighted by Gasteiger charge is -2.38. The Morgan fingerprint density at radius 1 is 1.11 bits per heavy atom. The van der Waals surface area contributed by atoms with Crippen molar-refractivity contribution in [3.63, 3.8) is 0 Å². The van der Waals surface area contributed by atoms with Crippen LogP contribution in [0.4, 0.5) is 4.79 Å². The second-order valence-electron chi connectivity index (χ2n) is 10.1. The summed E-state index contributed by atoms with van der Waals surface area (Å²) in [6, 6.07) is 3.86. The van der Waals surface area contributed by atoms with Crippen LogP contribution in [0.25, 0.3) is 0 Å². The van der Waals surface area contributed by atoms with Gasteiger partial charge >= 0.3 is 6.09 Å². The molecule has 0 saturated carbocycles. The summed E-state index contributed by atoms with van der Waals surface area (Å²) in [5, 5.41) is 5.69. The van der Waals surface area contributed by atoms with Gasteiger partial charge in [0.25, 0.3) is 0 Å². The minimum atomic E-state index is -0.941. The topological polar surface area (TPSA) is 87.7 Å². The zero-order valence-electron chi connectivity index (χ0n) is 22.7. The summed E-state index contributed by atoms with van der Waals surface area (Å²) in [6.45, 7) is 15.8. The van der Waals surface area contributed by atoms with Crippen molar-refractivity contribution in [1.29, 1.82) is 0 Å². The number of amides is 3. The number of nitrogens with one attached hydrogen (secondary N) is 2.